The van der Waals surface area contributed by atoms with Gasteiger partial charge in [-0.2, -0.15) is 0 Å². The van der Waals surface area contributed by atoms with E-state index in [1.165, 1.54) is 0 Å². The van der Waals surface area contributed by atoms with Crippen LogP contribution < -0.4 is 10.1 Å². The number of nitrogens with one attached hydrogen (secondary N) is 1. The second-order valence-corrected chi connectivity index (χ2v) is 6.30. The largest absolute Gasteiger partial charge is 0.494 e. The van der Waals surface area contributed by atoms with Gasteiger partial charge in [0, 0.05) is 24.7 Å². The van der Waals surface area contributed by atoms with Crippen molar-refractivity contribution in [2.75, 3.05) is 26.3 Å². The van der Waals surface area contributed by atoms with Crippen molar-refractivity contribution in [3.8, 4) is 5.75 Å². The Labute approximate surface area is 149 Å². The summed E-state index contributed by atoms with van der Waals surface area (Å²) >= 11 is 0. The fourth-order valence-corrected chi connectivity index (χ4v) is 3.03. The number of piperidine rings is 1. The number of aryl methyl sites for hydroxylation is 2. The maximum atomic E-state index is 12.6. The van der Waals surface area contributed by atoms with Crippen molar-refractivity contribution in [1.82, 2.24) is 10.2 Å². The lowest BCUT2D eigenvalue weighted by atomic mass is 10.0. The Balaban J connectivity index is 1.95. The number of nitrogens with zero attached hydrogens (tertiary/aromatic N) is 1. The molecule has 6 nitrogen and oxygen atoms in total. The summed E-state index contributed by atoms with van der Waals surface area (Å²) in [7, 11) is 0. The third kappa shape index (κ3) is 4.87. The minimum absolute atomic E-state index is 0.0711. The summed E-state index contributed by atoms with van der Waals surface area (Å²) in [5.41, 5.74) is 2.53. The number of benzene rings is 1. The van der Waals surface area contributed by atoms with Crippen LogP contribution in [0.3, 0.4) is 0 Å². The number of hydrogen-bond donors (Lipinski definition) is 1. The number of rotatable bonds is 5. The minimum atomic E-state index is -0.273. The molecule has 1 N–H and O–H groups in total. The number of ether oxygens (including phenoxy) is 2. The molecular formula is C19H28N2O4. The molecule has 2 amide bonds. The molecule has 0 atom stereocenters. The van der Waals surface area contributed by atoms with E-state index in [0.29, 0.717) is 31.9 Å². The van der Waals surface area contributed by atoms with Gasteiger partial charge in [0.1, 0.15) is 5.75 Å². The molecule has 0 saturated carbocycles. The highest BCUT2D eigenvalue weighted by atomic mass is 16.6. The highest BCUT2D eigenvalue weighted by Crippen LogP contribution is 2.23. The molecule has 1 aliphatic rings. The van der Waals surface area contributed by atoms with Crippen molar-refractivity contribution in [1.29, 1.82) is 0 Å². The van der Waals surface area contributed by atoms with Crippen LogP contribution in [0, 0.1) is 13.8 Å². The zero-order chi connectivity index (χ0) is 18.4. The van der Waals surface area contributed by atoms with Crippen LogP contribution in [0.15, 0.2) is 12.1 Å². The van der Waals surface area contributed by atoms with Crippen molar-refractivity contribution >= 4 is 12.0 Å². The van der Waals surface area contributed by atoms with Crippen LogP contribution in [-0.2, 0) is 4.74 Å². The van der Waals surface area contributed by atoms with Gasteiger partial charge in [-0.1, -0.05) is 0 Å². The van der Waals surface area contributed by atoms with E-state index in [0.717, 1.165) is 29.7 Å². The topological polar surface area (TPSA) is 67.9 Å². The Morgan fingerprint density at radius 3 is 2.40 bits per heavy atom. The summed E-state index contributed by atoms with van der Waals surface area (Å²) in [6.45, 7) is 9.79. The first-order chi connectivity index (χ1) is 12.0. The van der Waals surface area contributed by atoms with Crippen LogP contribution in [0.4, 0.5) is 4.79 Å². The van der Waals surface area contributed by atoms with Gasteiger partial charge in [0.25, 0.3) is 5.91 Å². The van der Waals surface area contributed by atoms with Crippen molar-refractivity contribution in [2.45, 2.75) is 46.6 Å². The lowest BCUT2D eigenvalue weighted by molar-refractivity contribution is 0.0859. The van der Waals surface area contributed by atoms with Gasteiger partial charge in [-0.05, 0) is 63.8 Å². The van der Waals surface area contributed by atoms with E-state index < -0.39 is 0 Å². The van der Waals surface area contributed by atoms with Gasteiger partial charge < -0.3 is 19.7 Å². The Kier molecular flexibility index (Phi) is 6.67. The van der Waals surface area contributed by atoms with Crippen LogP contribution in [0.1, 0.15) is 48.2 Å². The monoisotopic (exact) mass is 348 g/mol. The van der Waals surface area contributed by atoms with E-state index in [4.69, 9.17) is 9.47 Å². The zero-order valence-electron chi connectivity index (χ0n) is 15.6. The molecule has 0 aromatic heterocycles. The van der Waals surface area contributed by atoms with Crippen molar-refractivity contribution < 1.29 is 19.1 Å². The van der Waals surface area contributed by atoms with Crippen molar-refractivity contribution in [2.24, 2.45) is 0 Å². The molecule has 2 rings (SSSR count). The van der Waals surface area contributed by atoms with E-state index in [-0.39, 0.29) is 18.0 Å². The number of likely N-dealkylation sites (tertiary alicyclic amines) is 1. The lowest BCUT2D eigenvalue weighted by Crippen LogP contribution is -2.46. The van der Waals surface area contributed by atoms with Crippen LogP contribution in [0.5, 0.6) is 5.75 Å². The summed E-state index contributed by atoms with van der Waals surface area (Å²) in [6, 6.07) is 3.87. The van der Waals surface area contributed by atoms with Gasteiger partial charge in [0.2, 0.25) is 0 Å². The number of carbonyl (C=O) groups excluding carboxylic acids is 2. The summed E-state index contributed by atoms with van der Waals surface area (Å²) in [5.74, 6) is 0.748. The fourth-order valence-electron chi connectivity index (χ4n) is 3.03. The molecule has 6 heteroatoms. The molecule has 1 heterocycles. The Bertz CT molecular complexity index is 622. The predicted octanol–water partition coefficient (Wildman–Crippen LogP) is 3.05. The summed E-state index contributed by atoms with van der Waals surface area (Å²) in [6.07, 6.45) is 1.20. The molecule has 1 aromatic rings. The highest BCUT2D eigenvalue weighted by Gasteiger charge is 2.25. The minimum Gasteiger partial charge on any atom is -0.494 e. The normalized spacial score (nSPS) is 15.0. The third-order valence-corrected chi connectivity index (χ3v) is 4.42. The van der Waals surface area contributed by atoms with Crippen molar-refractivity contribution in [3.05, 3.63) is 28.8 Å². The average molecular weight is 348 g/mol. The third-order valence-electron chi connectivity index (χ3n) is 4.42. The smallest absolute Gasteiger partial charge is 0.409 e. The van der Waals surface area contributed by atoms with Crippen LogP contribution in [-0.4, -0.2) is 49.2 Å². The lowest BCUT2D eigenvalue weighted by Gasteiger charge is -2.31. The van der Waals surface area contributed by atoms with Gasteiger partial charge in [-0.25, -0.2) is 4.79 Å². The molecular weight excluding hydrogens is 320 g/mol. The van der Waals surface area contributed by atoms with E-state index in [1.807, 2.05) is 32.9 Å². The Morgan fingerprint density at radius 1 is 1.12 bits per heavy atom. The maximum absolute atomic E-state index is 12.6. The van der Waals surface area contributed by atoms with Gasteiger partial charge in [-0.15, -0.1) is 0 Å². The number of hydrogen-bond acceptors (Lipinski definition) is 4. The van der Waals surface area contributed by atoms with E-state index in [2.05, 4.69) is 5.32 Å². The number of amides is 2. The van der Waals surface area contributed by atoms with E-state index in [9.17, 15) is 9.59 Å². The Morgan fingerprint density at radius 2 is 1.80 bits per heavy atom. The maximum Gasteiger partial charge on any atom is 0.409 e. The molecule has 25 heavy (non-hydrogen) atoms. The fraction of sp³-hybridized carbons (Fsp3) is 0.579. The van der Waals surface area contributed by atoms with E-state index in [1.54, 1.807) is 11.8 Å². The molecule has 138 valence electrons. The highest BCUT2D eigenvalue weighted by molar-refractivity contribution is 5.96. The molecule has 1 aromatic carbocycles. The summed E-state index contributed by atoms with van der Waals surface area (Å²) in [4.78, 5) is 26.0. The zero-order valence-corrected chi connectivity index (χ0v) is 15.6. The number of carbonyl (C=O) groups is 2. The van der Waals surface area contributed by atoms with Crippen LogP contribution >= 0.6 is 0 Å². The first kappa shape index (κ1) is 19.1. The molecule has 0 bridgehead atoms. The summed E-state index contributed by atoms with van der Waals surface area (Å²) in [5, 5.41) is 3.09. The SMILES string of the molecule is CCOC(=O)N1CCC(NC(=O)c2cc(C)c(OCC)cc2C)CC1. The predicted molar refractivity (Wildman–Crippen MR) is 96.2 cm³/mol. The van der Waals surface area contributed by atoms with E-state index >= 15 is 0 Å². The van der Waals surface area contributed by atoms with Gasteiger partial charge in [0.15, 0.2) is 0 Å². The molecule has 1 aliphatic heterocycles. The molecule has 0 unspecified atom stereocenters. The molecule has 1 fully saturated rings. The first-order valence-electron chi connectivity index (χ1n) is 8.92. The second-order valence-electron chi connectivity index (χ2n) is 6.30. The molecule has 0 spiro atoms. The second kappa shape index (κ2) is 8.74. The van der Waals surface area contributed by atoms with Gasteiger partial charge in [-0.3, -0.25) is 4.79 Å². The molecule has 0 radical (unpaired) electrons. The van der Waals surface area contributed by atoms with Gasteiger partial charge >= 0.3 is 6.09 Å². The van der Waals surface area contributed by atoms with Gasteiger partial charge in [0.05, 0.1) is 13.2 Å². The molecule has 0 aliphatic carbocycles. The Hall–Kier alpha value is -2.24. The standard InChI is InChI=1S/C19H28N2O4/c1-5-24-17-12-13(3)16(11-14(17)4)18(22)20-15-7-9-21(10-8-15)19(23)25-6-2/h11-12,15H,5-10H2,1-4H3,(H,20,22). The van der Waals surface area contributed by atoms with Crippen LogP contribution in [0.25, 0.3) is 0 Å². The summed E-state index contributed by atoms with van der Waals surface area (Å²) < 4.78 is 10.6. The first-order valence-corrected chi connectivity index (χ1v) is 8.92. The van der Waals surface area contributed by atoms with Crippen LogP contribution in [0.2, 0.25) is 0 Å². The van der Waals surface area contributed by atoms with Crippen molar-refractivity contribution in [3.63, 3.8) is 0 Å². The molecule has 1 saturated heterocycles. The average Bonchev–Trinajstić information content (AvgIpc) is 2.58. The quantitative estimate of drug-likeness (QED) is 0.888.